The molecule has 0 bridgehead atoms. The van der Waals surface area contributed by atoms with Crippen LogP contribution in [0.3, 0.4) is 0 Å². The first-order valence-corrected chi connectivity index (χ1v) is 7.60. The standard InChI is InChI=1S/C18H20F2N2O/c19-16-7-5-14(6-8-16)13-21-11-10-18(23)22-12-9-15-3-1-2-4-17(15)20/h1-8,21H,9-13H2,(H,22,23). The van der Waals surface area contributed by atoms with Gasteiger partial charge in [-0.05, 0) is 35.7 Å². The second kappa shape index (κ2) is 9.00. The minimum atomic E-state index is -0.261. The molecule has 23 heavy (non-hydrogen) atoms. The summed E-state index contributed by atoms with van der Waals surface area (Å²) in [5.41, 5.74) is 1.56. The Kier molecular flexibility index (Phi) is 6.69. The summed E-state index contributed by atoms with van der Waals surface area (Å²) in [6.07, 6.45) is 0.819. The highest BCUT2D eigenvalue weighted by Gasteiger charge is 2.03. The minimum absolute atomic E-state index is 0.0760. The van der Waals surface area contributed by atoms with Gasteiger partial charge in [-0.3, -0.25) is 4.79 Å². The highest BCUT2D eigenvalue weighted by molar-refractivity contribution is 5.76. The maximum atomic E-state index is 13.4. The molecular weight excluding hydrogens is 298 g/mol. The normalized spacial score (nSPS) is 10.5. The van der Waals surface area contributed by atoms with E-state index in [-0.39, 0.29) is 17.5 Å². The summed E-state index contributed by atoms with van der Waals surface area (Å²) in [4.78, 5) is 11.7. The van der Waals surface area contributed by atoms with Gasteiger partial charge in [0.05, 0.1) is 0 Å². The Balaban J connectivity index is 1.58. The fraction of sp³-hybridized carbons (Fsp3) is 0.278. The molecule has 0 aliphatic carbocycles. The van der Waals surface area contributed by atoms with Gasteiger partial charge in [-0.15, -0.1) is 0 Å². The quantitative estimate of drug-likeness (QED) is 0.735. The summed E-state index contributed by atoms with van der Waals surface area (Å²) in [7, 11) is 0. The summed E-state index contributed by atoms with van der Waals surface area (Å²) >= 11 is 0. The van der Waals surface area contributed by atoms with Crippen molar-refractivity contribution in [2.24, 2.45) is 0 Å². The highest BCUT2D eigenvalue weighted by Crippen LogP contribution is 2.06. The lowest BCUT2D eigenvalue weighted by Crippen LogP contribution is -2.29. The number of halogens is 2. The molecule has 0 saturated carbocycles. The monoisotopic (exact) mass is 318 g/mol. The van der Waals surface area contributed by atoms with Crippen LogP contribution in [0, 0.1) is 11.6 Å². The van der Waals surface area contributed by atoms with Crippen LogP contribution in [0.2, 0.25) is 0 Å². The van der Waals surface area contributed by atoms with Gasteiger partial charge >= 0.3 is 0 Å². The molecule has 0 aromatic heterocycles. The lowest BCUT2D eigenvalue weighted by atomic mass is 10.1. The van der Waals surface area contributed by atoms with Crippen LogP contribution in [0.1, 0.15) is 17.5 Å². The average molecular weight is 318 g/mol. The Morgan fingerprint density at radius 3 is 2.43 bits per heavy atom. The van der Waals surface area contributed by atoms with E-state index in [2.05, 4.69) is 10.6 Å². The largest absolute Gasteiger partial charge is 0.356 e. The van der Waals surface area contributed by atoms with Gasteiger partial charge in [-0.2, -0.15) is 0 Å². The summed E-state index contributed by atoms with van der Waals surface area (Å²) in [6.45, 7) is 1.53. The van der Waals surface area contributed by atoms with Gasteiger partial charge in [-0.25, -0.2) is 8.78 Å². The molecule has 122 valence electrons. The van der Waals surface area contributed by atoms with Gasteiger partial charge in [0, 0.05) is 26.1 Å². The summed E-state index contributed by atoms with van der Waals surface area (Å²) < 4.78 is 26.2. The zero-order valence-corrected chi connectivity index (χ0v) is 12.8. The van der Waals surface area contributed by atoms with E-state index >= 15 is 0 Å². The molecule has 0 atom stereocenters. The fourth-order valence-corrected chi connectivity index (χ4v) is 2.16. The first-order chi connectivity index (χ1) is 11.1. The van der Waals surface area contributed by atoms with Crippen molar-refractivity contribution < 1.29 is 13.6 Å². The number of hydrogen-bond acceptors (Lipinski definition) is 2. The van der Waals surface area contributed by atoms with E-state index in [1.54, 1.807) is 30.3 Å². The Labute approximate surface area is 134 Å². The Hall–Kier alpha value is -2.27. The molecule has 5 heteroatoms. The zero-order chi connectivity index (χ0) is 16.5. The minimum Gasteiger partial charge on any atom is -0.356 e. The smallest absolute Gasteiger partial charge is 0.221 e. The summed E-state index contributed by atoms with van der Waals surface area (Å²) in [6, 6.07) is 12.8. The molecule has 0 heterocycles. The molecule has 2 N–H and O–H groups in total. The highest BCUT2D eigenvalue weighted by atomic mass is 19.1. The zero-order valence-electron chi connectivity index (χ0n) is 12.8. The number of carbonyl (C=O) groups is 1. The van der Waals surface area contributed by atoms with Gasteiger partial charge in [0.1, 0.15) is 11.6 Å². The molecule has 2 aromatic rings. The van der Waals surface area contributed by atoms with E-state index < -0.39 is 0 Å². The maximum absolute atomic E-state index is 13.4. The van der Waals surface area contributed by atoms with E-state index in [1.807, 2.05) is 0 Å². The molecule has 2 aromatic carbocycles. The Bertz CT molecular complexity index is 629. The number of carbonyl (C=O) groups excluding carboxylic acids is 1. The maximum Gasteiger partial charge on any atom is 0.221 e. The van der Waals surface area contributed by atoms with Crippen molar-refractivity contribution in [3.8, 4) is 0 Å². The first-order valence-electron chi connectivity index (χ1n) is 7.60. The van der Waals surface area contributed by atoms with Crippen LogP contribution in [0.25, 0.3) is 0 Å². The van der Waals surface area contributed by atoms with Gasteiger partial charge in [0.2, 0.25) is 5.91 Å². The molecule has 0 aliphatic rings. The van der Waals surface area contributed by atoms with Crippen LogP contribution in [0.4, 0.5) is 8.78 Å². The van der Waals surface area contributed by atoms with Crippen molar-refractivity contribution >= 4 is 5.91 Å². The number of hydrogen-bond donors (Lipinski definition) is 2. The predicted molar refractivity (Wildman–Crippen MR) is 85.8 cm³/mol. The van der Waals surface area contributed by atoms with Crippen molar-refractivity contribution in [3.63, 3.8) is 0 Å². The molecular formula is C18H20F2N2O. The summed E-state index contributed by atoms with van der Waals surface area (Å²) in [5.74, 6) is -0.585. The Morgan fingerprint density at radius 2 is 1.70 bits per heavy atom. The topological polar surface area (TPSA) is 41.1 Å². The third-order valence-corrected chi connectivity index (χ3v) is 3.45. The molecule has 0 unspecified atom stereocenters. The van der Waals surface area contributed by atoms with E-state index in [9.17, 15) is 13.6 Å². The van der Waals surface area contributed by atoms with Gasteiger partial charge in [0.15, 0.2) is 0 Å². The number of rotatable bonds is 8. The lowest BCUT2D eigenvalue weighted by molar-refractivity contribution is -0.120. The molecule has 0 fully saturated rings. The van der Waals surface area contributed by atoms with Crippen LogP contribution < -0.4 is 10.6 Å². The van der Waals surface area contributed by atoms with Crippen molar-refractivity contribution in [2.45, 2.75) is 19.4 Å². The van der Waals surface area contributed by atoms with Crippen LogP contribution in [0.5, 0.6) is 0 Å². The number of benzene rings is 2. The molecule has 1 amide bonds. The van der Waals surface area contributed by atoms with Gasteiger partial charge in [-0.1, -0.05) is 30.3 Å². The van der Waals surface area contributed by atoms with E-state index in [1.165, 1.54) is 18.2 Å². The van der Waals surface area contributed by atoms with Crippen LogP contribution in [-0.2, 0) is 17.8 Å². The second-order valence-electron chi connectivity index (χ2n) is 5.24. The number of nitrogens with one attached hydrogen (secondary N) is 2. The molecule has 0 saturated heterocycles. The fourth-order valence-electron chi connectivity index (χ4n) is 2.16. The van der Waals surface area contributed by atoms with E-state index in [0.29, 0.717) is 38.0 Å². The van der Waals surface area contributed by atoms with Crippen molar-refractivity contribution in [2.75, 3.05) is 13.1 Å². The third-order valence-electron chi connectivity index (χ3n) is 3.45. The molecule has 2 rings (SSSR count). The number of amides is 1. The van der Waals surface area contributed by atoms with Crippen molar-refractivity contribution in [3.05, 3.63) is 71.3 Å². The molecule has 0 spiro atoms. The molecule has 0 aliphatic heterocycles. The van der Waals surface area contributed by atoms with E-state index in [4.69, 9.17) is 0 Å². The Morgan fingerprint density at radius 1 is 0.957 bits per heavy atom. The van der Waals surface area contributed by atoms with Crippen molar-refractivity contribution in [1.82, 2.24) is 10.6 Å². The van der Waals surface area contributed by atoms with Crippen LogP contribution in [0.15, 0.2) is 48.5 Å². The SMILES string of the molecule is O=C(CCNCc1ccc(F)cc1)NCCc1ccccc1F. The predicted octanol–water partition coefficient (Wildman–Crippen LogP) is 2.80. The summed E-state index contributed by atoms with van der Waals surface area (Å²) in [5, 5.41) is 5.90. The van der Waals surface area contributed by atoms with Crippen molar-refractivity contribution in [1.29, 1.82) is 0 Å². The molecule has 3 nitrogen and oxygen atoms in total. The first kappa shape index (κ1) is 17.1. The van der Waals surface area contributed by atoms with E-state index in [0.717, 1.165) is 5.56 Å². The lowest BCUT2D eigenvalue weighted by Gasteiger charge is -2.07. The second-order valence-corrected chi connectivity index (χ2v) is 5.24. The average Bonchev–Trinajstić information content (AvgIpc) is 2.55. The van der Waals surface area contributed by atoms with Gasteiger partial charge in [0.25, 0.3) is 0 Å². The van der Waals surface area contributed by atoms with Gasteiger partial charge < -0.3 is 10.6 Å². The van der Waals surface area contributed by atoms with Crippen LogP contribution >= 0.6 is 0 Å². The molecule has 0 radical (unpaired) electrons. The third kappa shape index (κ3) is 6.16. The van der Waals surface area contributed by atoms with Crippen LogP contribution in [-0.4, -0.2) is 19.0 Å².